The van der Waals surface area contributed by atoms with Crippen LogP contribution in [0.25, 0.3) is 10.8 Å². The molecule has 0 saturated carbocycles. The van der Waals surface area contributed by atoms with E-state index in [0.29, 0.717) is 12.2 Å². The number of urea groups is 1. The molecule has 1 fully saturated rings. The van der Waals surface area contributed by atoms with Gasteiger partial charge in [0, 0.05) is 12.1 Å². The zero-order valence-corrected chi connectivity index (χ0v) is 17.6. The second-order valence-corrected chi connectivity index (χ2v) is 7.92. The number of carbonyl (C=O) groups is 1. The highest BCUT2D eigenvalue weighted by atomic mass is 19.4. The van der Waals surface area contributed by atoms with Gasteiger partial charge in [0.15, 0.2) is 0 Å². The molecule has 31 heavy (non-hydrogen) atoms. The maximum atomic E-state index is 13.4. The molecule has 1 heterocycles. The van der Waals surface area contributed by atoms with Crippen molar-refractivity contribution in [1.29, 1.82) is 0 Å². The van der Waals surface area contributed by atoms with Crippen LogP contribution in [0.2, 0.25) is 0 Å². The predicted molar refractivity (Wildman–Crippen MR) is 116 cm³/mol. The first-order valence-electron chi connectivity index (χ1n) is 10.2. The number of alkyl halides is 3. The van der Waals surface area contributed by atoms with Crippen LogP contribution in [0, 0.1) is 0 Å². The third kappa shape index (κ3) is 7.06. The molecule has 1 saturated heterocycles. The Balaban J connectivity index is 1.58. The maximum Gasteiger partial charge on any atom is 0.404 e. The van der Waals surface area contributed by atoms with E-state index in [4.69, 9.17) is 0 Å². The van der Waals surface area contributed by atoms with Crippen LogP contribution in [0.5, 0.6) is 0 Å². The number of hydrogen-bond acceptors (Lipinski definition) is 5. The Morgan fingerprint density at radius 1 is 1.13 bits per heavy atom. The standard InChI is InChI=1S/C21H29F3N6O/c1-30(2)11-5-10-25-18-13-17(21(22,23)24)27-19(28-18)29-20(31)26-16-9-8-14-6-3-4-7-15(14)12-16/h3-4,6-9,12,17-19,25,27-28H,5,10-11,13H2,1-2H3,(H2,26,29,31). The smallest absolute Gasteiger partial charge is 0.310 e. The Kier molecular flexibility index (Phi) is 7.71. The third-order valence-electron chi connectivity index (χ3n) is 5.06. The van der Waals surface area contributed by atoms with E-state index in [9.17, 15) is 18.0 Å². The molecule has 2 aromatic carbocycles. The Morgan fingerprint density at radius 2 is 1.87 bits per heavy atom. The van der Waals surface area contributed by atoms with Crippen LogP contribution in [0.3, 0.4) is 0 Å². The fourth-order valence-electron chi connectivity index (χ4n) is 3.51. The minimum absolute atomic E-state index is 0.171. The summed E-state index contributed by atoms with van der Waals surface area (Å²) in [5.74, 6) is 0. The predicted octanol–water partition coefficient (Wildman–Crippen LogP) is 2.63. The van der Waals surface area contributed by atoms with Crippen LogP contribution in [0.4, 0.5) is 23.7 Å². The van der Waals surface area contributed by atoms with Gasteiger partial charge in [-0.25, -0.2) is 4.79 Å². The lowest BCUT2D eigenvalue weighted by Crippen LogP contribution is -2.70. The number of hydrogen-bond donors (Lipinski definition) is 5. The minimum Gasteiger partial charge on any atom is -0.310 e. The van der Waals surface area contributed by atoms with Gasteiger partial charge in [-0.2, -0.15) is 13.2 Å². The van der Waals surface area contributed by atoms with E-state index in [1.807, 2.05) is 55.4 Å². The zero-order chi connectivity index (χ0) is 22.4. The second kappa shape index (κ2) is 10.3. The molecule has 3 atom stereocenters. The number of benzene rings is 2. The topological polar surface area (TPSA) is 80.5 Å². The molecule has 5 N–H and O–H groups in total. The van der Waals surface area contributed by atoms with Crippen molar-refractivity contribution in [2.24, 2.45) is 0 Å². The number of rotatable bonds is 7. The van der Waals surface area contributed by atoms with Crippen molar-refractivity contribution in [3.05, 3.63) is 42.5 Å². The molecule has 10 heteroatoms. The van der Waals surface area contributed by atoms with Gasteiger partial charge in [0.1, 0.15) is 12.3 Å². The van der Waals surface area contributed by atoms with Crippen LogP contribution in [0.15, 0.2) is 42.5 Å². The van der Waals surface area contributed by atoms with Gasteiger partial charge >= 0.3 is 12.2 Å². The molecule has 2 amide bonds. The van der Waals surface area contributed by atoms with Gasteiger partial charge < -0.3 is 20.9 Å². The molecular formula is C21H29F3N6O. The van der Waals surface area contributed by atoms with Gasteiger partial charge in [0.05, 0.1) is 6.17 Å². The lowest BCUT2D eigenvalue weighted by molar-refractivity contribution is -0.167. The average molecular weight is 438 g/mol. The second-order valence-electron chi connectivity index (χ2n) is 7.92. The Bertz CT molecular complexity index is 876. The molecule has 0 radical (unpaired) electrons. The van der Waals surface area contributed by atoms with Crippen molar-refractivity contribution in [1.82, 2.24) is 26.2 Å². The molecule has 0 spiro atoms. The van der Waals surface area contributed by atoms with Crippen molar-refractivity contribution in [3.63, 3.8) is 0 Å². The van der Waals surface area contributed by atoms with Gasteiger partial charge in [-0.3, -0.25) is 10.6 Å². The monoisotopic (exact) mass is 438 g/mol. The molecule has 2 aromatic rings. The summed E-state index contributed by atoms with van der Waals surface area (Å²) in [6, 6.07) is 10.8. The average Bonchev–Trinajstić information content (AvgIpc) is 2.70. The first-order valence-corrected chi connectivity index (χ1v) is 10.2. The molecule has 1 aliphatic heterocycles. The van der Waals surface area contributed by atoms with E-state index in [1.165, 1.54) is 0 Å². The van der Waals surface area contributed by atoms with E-state index in [-0.39, 0.29) is 6.42 Å². The molecule has 3 rings (SSSR count). The van der Waals surface area contributed by atoms with Gasteiger partial charge in [0.2, 0.25) is 0 Å². The SMILES string of the molecule is CN(C)CCCNC1CC(C(F)(F)F)NC(NC(=O)Nc2ccc3ccccc3c2)N1. The van der Waals surface area contributed by atoms with E-state index < -0.39 is 30.7 Å². The molecule has 3 unspecified atom stereocenters. The molecule has 0 aliphatic carbocycles. The van der Waals surface area contributed by atoms with E-state index in [2.05, 4.69) is 26.6 Å². The van der Waals surface area contributed by atoms with Crippen LogP contribution in [-0.4, -0.2) is 62.8 Å². The number of carbonyl (C=O) groups excluding carboxylic acids is 1. The first-order chi connectivity index (χ1) is 14.7. The van der Waals surface area contributed by atoms with Crippen LogP contribution >= 0.6 is 0 Å². The molecule has 170 valence electrons. The van der Waals surface area contributed by atoms with Crippen LogP contribution in [-0.2, 0) is 0 Å². The summed E-state index contributed by atoms with van der Waals surface area (Å²) < 4.78 is 40.1. The summed E-state index contributed by atoms with van der Waals surface area (Å²) >= 11 is 0. The van der Waals surface area contributed by atoms with Crippen molar-refractivity contribution < 1.29 is 18.0 Å². The fraction of sp³-hybridized carbons (Fsp3) is 0.476. The summed E-state index contributed by atoms with van der Waals surface area (Å²) in [7, 11) is 3.88. The van der Waals surface area contributed by atoms with E-state index >= 15 is 0 Å². The highest BCUT2D eigenvalue weighted by Crippen LogP contribution is 2.25. The summed E-state index contributed by atoms with van der Waals surface area (Å²) in [4.78, 5) is 14.4. The van der Waals surface area contributed by atoms with E-state index in [1.54, 1.807) is 6.07 Å². The normalized spacial score (nSPS) is 21.9. The summed E-state index contributed by atoms with van der Waals surface area (Å²) in [5.41, 5.74) is 0.553. The maximum absolute atomic E-state index is 13.4. The van der Waals surface area contributed by atoms with Crippen LogP contribution in [0.1, 0.15) is 12.8 Å². The number of nitrogens with one attached hydrogen (secondary N) is 5. The van der Waals surface area contributed by atoms with Crippen molar-refractivity contribution in [2.45, 2.75) is 37.5 Å². The Morgan fingerprint density at radius 3 is 2.58 bits per heavy atom. The number of nitrogens with zero attached hydrogens (tertiary/aromatic N) is 1. The largest absolute Gasteiger partial charge is 0.404 e. The van der Waals surface area contributed by atoms with Gasteiger partial charge in [0.25, 0.3) is 0 Å². The number of anilines is 1. The lowest BCUT2D eigenvalue weighted by Gasteiger charge is -2.38. The summed E-state index contributed by atoms with van der Waals surface area (Å²) in [6.07, 6.45) is -5.40. The first kappa shape index (κ1) is 23.3. The fourth-order valence-corrected chi connectivity index (χ4v) is 3.51. The molecule has 0 aromatic heterocycles. The van der Waals surface area contributed by atoms with Crippen molar-refractivity contribution in [3.8, 4) is 0 Å². The van der Waals surface area contributed by atoms with Gasteiger partial charge in [-0.15, -0.1) is 0 Å². The van der Waals surface area contributed by atoms with Gasteiger partial charge in [-0.1, -0.05) is 30.3 Å². The van der Waals surface area contributed by atoms with Crippen molar-refractivity contribution in [2.75, 3.05) is 32.5 Å². The highest BCUT2D eigenvalue weighted by molar-refractivity contribution is 5.93. The quantitative estimate of drug-likeness (QED) is 0.430. The Hall–Kier alpha value is -2.40. The lowest BCUT2D eigenvalue weighted by atomic mass is 10.1. The summed E-state index contributed by atoms with van der Waals surface area (Å²) in [5, 5.41) is 15.7. The Labute approximate surface area is 179 Å². The highest BCUT2D eigenvalue weighted by Gasteiger charge is 2.44. The minimum atomic E-state index is -4.42. The molecule has 7 nitrogen and oxygen atoms in total. The molecule has 0 bridgehead atoms. The summed E-state index contributed by atoms with van der Waals surface area (Å²) in [6.45, 7) is 1.40. The number of fused-ring (bicyclic) bond motifs is 1. The molecular weight excluding hydrogens is 409 g/mol. The zero-order valence-electron chi connectivity index (χ0n) is 17.6. The van der Waals surface area contributed by atoms with E-state index in [0.717, 1.165) is 23.7 Å². The number of amides is 2. The van der Waals surface area contributed by atoms with Crippen LogP contribution < -0.4 is 26.6 Å². The molecule has 1 aliphatic rings. The number of halogens is 3. The van der Waals surface area contributed by atoms with Crippen molar-refractivity contribution >= 4 is 22.5 Å². The van der Waals surface area contributed by atoms with Gasteiger partial charge in [-0.05, 0) is 56.5 Å². The third-order valence-corrected chi connectivity index (χ3v) is 5.06.